The number of amides is 1. The summed E-state index contributed by atoms with van der Waals surface area (Å²) in [5.41, 5.74) is 7.80. The van der Waals surface area contributed by atoms with Crippen molar-refractivity contribution in [2.24, 2.45) is 5.92 Å². The van der Waals surface area contributed by atoms with E-state index in [4.69, 9.17) is 5.73 Å². The molecule has 1 fully saturated rings. The van der Waals surface area contributed by atoms with Gasteiger partial charge in [-0.3, -0.25) is 9.78 Å². The largest absolute Gasteiger partial charge is 0.398 e. The van der Waals surface area contributed by atoms with Crippen LogP contribution in [0.2, 0.25) is 0 Å². The summed E-state index contributed by atoms with van der Waals surface area (Å²) in [7, 11) is 0. The Morgan fingerprint density at radius 1 is 1.56 bits per heavy atom. The molecule has 1 aliphatic carbocycles. The van der Waals surface area contributed by atoms with E-state index in [1.165, 1.54) is 19.3 Å². The first-order valence-corrected chi connectivity index (χ1v) is 6.63. The first-order chi connectivity index (χ1) is 8.61. The van der Waals surface area contributed by atoms with Crippen LogP contribution in [-0.4, -0.2) is 28.9 Å². The zero-order chi connectivity index (χ0) is 13.1. The fourth-order valence-electron chi connectivity index (χ4n) is 2.27. The molecule has 0 unspecified atom stereocenters. The molecule has 1 aromatic rings. The molecule has 2 N–H and O–H groups in total. The molecule has 0 spiro atoms. The lowest BCUT2D eigenvalue weighted by Crippen LogP contribution is -2.37. The van der Waals surface area contributed by atoms with Crippen LogP contribution in [-0.2, 0) is 0 Å². The predicted molar refractivity (Wildman–Crippen MR) is 72.3 cm³/mol. The van der Waals surface area contributed by atoms with Crippen LogP contribution in [0.3, 0.4) is 0 Å². The average molecular weight is 247 g/mol. The van der Waals surface area contributed by atoms with Crippen molar-refractivity contribution in [1.29, 1.82) is 0 Å². The maximum absolute atomic E-state index is 12.4. The zero-order valence-corrected chi connectivity index (χ0v) is 11.1. The van der Waals surface area contributed by atoms with Gasteiger partial charge in [0.2, 0.25) is 0 Å². The third-order valence-corrected chi connectivity index (χ3v) is 3.68. The summed E-state index contributed by atoms with van der Waals surface area (Å²) in [6.07, 6.45) is 5.37. The van der Waals surface area contributed by atoms with E-state index in [2.05, 4.69) is 4.98 Å². The van der Waals surface area contributed by atoms with E-state index in [9.17, 15) is 4.79 Å². The third-order valence-electron chi connectivity index (χ3n) is 3.68. The Balaban J connectivity index is 2.11. The van der Waals surface area contributed by atoms with Crippen LogP contribution in [0.5, 0.6) is 0 Å². The number of nitrogens with zero attached hydrogens (tertiary/aromatic N) is 2. The van der Waals surface area contributed by atoms with Crippen molar-refractivity contribution < 1.29 is 4.79 Å². The summed E-state index contributed by atoms with van der Waals surface area (Å²) in [5.74, 6) is 0.683. The van der Waals surface area contributed by atoms with E-state index in [1.807, 2.05) is 18.7 Å². The smallest absolute Gasteiger partial charge is 0.257 e. The van der Waals surface area contributed by atoms with Crippen molar-refractivity contribution in [3.8, 4) is 0 Å². The highest BCUT2D eigenvalue weighted by atomic mass is 16.2. The monoisotopic (exact) mass is 247 g/mol. The Bertz CT molecular complexity index is 441. The highest BCUT2D eigenvalue weighted by molar-refractivity contribution is 5.98. The minimum Gasteiger partial charge on any atom is -0.398 e. The number of nitrogens with two attached hydrogens (primary N) is 1. The Morgan fingerprint density at radius 3 is 2.78 bits per heavy atom. The summed E-state index contributed by atoms with van der Waals surface area (Å²) < 4.78 is 0. The molecule has 2 rings (SSSR count). The van der Waals surface area contributed by atoms with Crippen molar-refractivity contribution >= 4 is 11.6 Å². The predicted octanol–water partition coefficient (Wildman–Crippen LogP) is 2.23. The van der Waals surface area contributed by atoms with Crippen molar-refractivity contribution in [3.05, 3.63) is 23.5 Å². The van der Waals surface area contributed by atoms with Gasteiger partial charge < -0.3 is 10.6 Å². The molecule has 0 atom stereocenters. The first-order valence-electron chi connectivity index (χ1n) is 6.63. The Morgan fingerprint density at radius 2 is 2.28 bits per heavy atom. The van der Waals surface area contributed by atoms with E-state index in [0.717, 1.165) is 18.8 Å². The quantitative estimate of drug-likeness (QED) is 0.887. The fraction of sp³-hybridized carbons (Fsp3) is 0.571. The van der Waals surface area contributed by atoms with Crippen LogP contribution < -0.4 is 5.73 Å². The zero-order valence-electron chi connectivity index (χ0n) is 11.1. The highest BCUT2D eigenvalue weighted by Gasteiger charge is 2.24. The van der Waals surface area contributed by atoms with Gasteiger partial charge in [0.05, 0.1) is 5.56 Å². The van der Waals surface area contributed by atoms with Gasteiger partial charge in [-0.2, -0.15) is 0 Å². The summed E-state index contributed by atoms with van der Waals surface area (Å²) in [6.45, 7) is 5.45. The highest BCUT2D eigenvalue weighted by Crippen LogP contribution is 2.27. The molecule has 1 aromatic heterocycles. The number of rotatable bonds is 4. The molecule has 0 aliphatic heterocycles. The van der Waals surface area contributed by atoms with Crippen LogP contribution in [0.15, 0.2) is 12.3 Å². The van der Waals surface area contributed by atoms with Crippen molar-refractivity contribution in [3.63, 3.8) is 0 Å². The molecule has 1 saturated carbocycles. The standard InChI is InChI=1S/C14H21N3O/c1-3-17(9-11-5-4-6-11)14(18)12-8-16-10(2)7-13(12)15/h7-8,11H,3-6,9H2,1-2H3,(H2,15,16). The van der Waals surface area contributed by atoms with E-state index >= 15 is 0 Å². The number of carbonyl (C=O) groups is 1. The lowest BCUT2D eigenvalue weighted by molar-refractivity contribution is 0.0707. The second-order valence-electron chi connectivity index (χ2n) is 5.05. The van der Waals surface area contributed by atoms with Gasteiger partial charge in [0.1, 0.15) is 0 Å². The maximum atomic E-state index is 12.4. The van der Waals surface area contributed by atoms with Crippen molar-refractivity contribution in [2.45, 2.75) is 33.1 Å². The summed E-state index contributed by atoms with van der Waals surface area (Å²) >= 11 is 0. The molecule has 1 amide bonds. The van der Waals surface area contributed by atoms with Gasteiger partial charge in [-0.15, -0.1) is 0 Å². The topological polar surface area (TPSA) is 59.2 Å². The number of hydrogen-bond donors (Lipinski definition) is 1. The minimum atomic E-state index is 0.00870. The van der Waals surface area contributed by atoms with Gasteiger partial charge in [0, 0.05) is 30.7 Å². The lowest BCUT2D eigenvalue weighted by Gasteiger charge is -2.32. The second-order valence-corrected chi connectivity index (χ2v) is 5.05. The molecule has 4 nitrogen and oxygen atoms in total. The maximum Gasteiger partial charge on any atom is 0.257 e. The summed E-state index contributed by atoms with van der Waals surface area (Å²) in [5, 5.41) is 0. The van der Waals surface area contributed by atoms with Gasteiger partial charge in [-0.25, -0.2) is 0 Å². The number of aromatic nitrogens is 1. The molecular weight excluding hydrogens is 226 g/mol. The fourth-order valence-corrected chi connectivity index (χ4v) is 2.27. The van der Waals surface area contributed by atoms with Crippen LogP contribution in [0.1, 0.15) is 42.2 Å². The molecule has 0 radical (unpaired) electrons. The minimum absolute atomic E-state index is 0.00870. The van der Waals surface area contributed by atoms with E-state index in [1.54, 1.807) is 12.3 Å². The van der Waals surface area contributed by atoms with Crippen LogP contribution in [0, 0.1) is 12.8 Å². The van der Waals surface area contributed by atoms with Gasteiger partial charge >= 0.3 is 0 Å². The average Bonchev–Trinajstić information content (AvgIpc) is 2.27. The number of nitrogen functional groups attached to an aromatic ring is 1. The van der Waals surface area contributed by atoms with Gasteiger partial charge in [0.15, 0.2) is 0 Å². The molecule has 98 valence electrons. The van der Waals surface area contributed by atoms with E-state index < -0.39 is 0 Å². The number of aryl methyl sites for hydroxylation is 1. The third kappa shape index (κ3) is 2.63. The van der Waals surface area contributed by atoms with Gasteiger partial charge in [0.25, 0.3) is 5.91 Å². The van der Waals surface area contributed by atoms with Gasteiger partial charge in [-0.1, -0.05) is 6.42 Å². The number of pyridine rings is 1. The Hall–Kier alpha value is -1.58. The molecule has 0 bridgehead atoms. The van der Waals surface area contributed by atoms with Crippen molar-refractivity contribution in [1.82, 2.24) is 9.88 Å². The number of hydrogen-bond acceptors (Lipinski definition) is 3. The summed E-state index contributed by atoms with van der Waals surface area (Å²) in [6, 6.07) is 1.75. The molecule has 1 aliphatic rings. The van der Waals surface area contributed by atoms with Crippen molar-refractivity contribution in [2.75, 3.05) is 18.8 Å². The first kappa shape index (κ1) is 12.9. The van der Waals surface area contributed by atoms with Crippen LogP contribution >= 0.6 is 0 Å². The normalized spacial score (nSPS) is 15.2. The van der Waals surface area contributed by atoms with Crippen LogP contribution in [0.25, 0.3) is 0 Å². The van der Waals surface area contributed by atoms with E-state index in [-0.39, 0.29) is 5.91 Å². The van der Waals surface area contributed by atoms with E-state index in [0.29, 0.717) is 17.2 Å². The summed E-state index contributed by atoms with van der Waals surface area (Å²) in [4.78, 5) is 18.4. The van der Waals surface area contributed by atoms with Crippen LogP contribution in [0.4, 0.5) is 5.69 Å². The number of carbonyl (C=O) groups excluding carboxylic acids is 1. The lowest BCUT2D eigenvalue weighted by atomic mass is 9.85. The molecular formula is C14H21N3O. The Labute approximate surface area is 108 Å². The molecule has 18 heavy (non-hydrogen) atoms. The molecule has 0 saturated heterocycles. The Kier molecular flexibility index (Phi) is 3.84. The SMILES string of the molecule is CCN(CC1CCC1)C(=O)c1cnc(C)cc1N. The molecule has 1 heterocycles. The molecule has 4 heteroatoms. The van der Waals surface area contributed by atoms with Gasteiger partial charge in [-0.05, 0) is 38.7 Å². The molecule has 0 aromatic carbocycles. The number of anilines is 1. The second kappa shape index (κ2) is 5.38.